The average Bonchev–Trinajstić information content (AvgIpc) is 2.63. The van der Waals surface area contributed by atoms with E-state index in [1.54, 1.807) is 0 Å². The molecule has 0 fully saturated rings. The van der Waals surface area contributed by atoms with Crippen molar-refractivity contribution >= 4 is 9.84 Å². The van der Waals surface area contributed by atoms with Crippen LogP contribution in [-0.2, 0) is 9.84 Å². The van der Waals surface area contributed by atoms with Gasteiger partial charge in [-0.3, -0.25) is 0 Å². The van der Waals surface area contributed by atoms with Gasteiger partial charge >= 0.3 is 0 Å². The van der Waals surface area contributed by atoms with E-state index in [0.29, 0.717) is 0 Å². The van der Waals surface area contributed by atoms with Crippen LogP contribution in [-0.4, -0.2) is 18.6 Å². The third-order valence-electron chi connectivity index (χ3n) is 2.87. The monoisotopic (exact) mass is 362 g/mol. The normalized spacial score (nSPS) is 9.68. The highest BCUT2D eigenvalue weighted by molar-refractivity contribution is 7.91. The first-order valence-corrected chi connectivity index (χ1v) is 9.36. The van der Waals surface area contributed by atoms with Crippen molar-refractivity contribution in [3.8, 4) is 11.5 Å². The molecule has 0 atom stereocenters. The Morgan fingerprint density at radius 3 is 1.20 bits per heavy atom. The number of allylic oxidation sites excluding steroid dienone is 2. The Balaban J connectivity index is 0.000000609. The summed E-state index contributed by atoms with van der Waals surface area (Å²) in [4.78, 5) is 0.196. The van der Waals surface area contributed by atoms with Crippen LogP contribution in [0.25, 0.3) is 0 Å². The van der Waals surface area contributed by atoms with E-state index in [9.17, 15) is 8.42 Å². The SMILES string of the molecule is C=CCC.C=CCC.O=S(=O)(c1ccc(O)cc1)c1ccc(O)cc1. The zero-order valence-electron chi connectivity index (χ0n) is 14.7. The summed E-state index contributed by atoms with van der Waals surface area (Å²) in [6.45, 7) is 11.1. The molecular formula is C20H26O4S. The summed E-state index contributed by atoms with van der Waals surface area (Å²) in [6.07, 6.45) is 5.92. The summed E-state index contributed by atoms with van der Waals surface area (Å²) in [5.74, 6) is 0.0179. The first-order valence-electron chi connectivity index (χ1n) is 7.88. The van der Waals surface area contributed by atoms with E-state index in [0.717, 1.165) is 12.8 Å². The third-order valence-corrected chi connectivity index (χ3v) is 4.66. The minimum Gasteiger partial charge on any atom is -0.508 e. The molecule has 0 saturated heterocycles. The Kier molecular flexibility index (Phi) is 10.7. The van der Waals surface area contributed by atoms with E-state index >= 15 is 0 Å². The summed E-state index contributed by atoms with van der Waals surface area (Å²) in [7, 11) is -3.59. The van der Waals surface area contributed by atoms with E-state index in [2.05, 4.69) is 27.0 Å². The molecule has 0 unspecified atom stereocenters. The maximum Gasteiger partial charge on any atom is 0.206 e. The van der Waals surface area contributed by atoms with Crippen molar-refractivity contribution in [2.75, 3.05) is 0 Å². The maximum absolute atomic E-state index is 12.1. The average molecular weight is 362 g/mol. The Hall–Kier alpha value is -2.53. The van der Waals surface area contributed by atoms with E-state index < -0.39 is 9.84 Å². The molecule has 136 valence electrons. The zero-order chi connectivity index (χ0) is 19.3. The van der Waals surface area contributed by atoms with Gasteiger partial charge < -0.3 is 10.2 Å². The van der Waals surface area contributed by atoms with Crippen LogP contribution in [0.2, 0.25) is 0 Å². The van der Waals surface area contributed by atoms with Gasteiger partial charge in [0.05, 0.1) is 9.79 Å². The van der Waals surface area contributed by atoms with E-state index in [-0.39, 0.29) is 21.3 Å². The predicted molar refractivity (Wildman–Crippen MR) is 103 cm³/mol. The van der Waals surface area contributed by atoms with Gasteiger partial charge in [0, 0.05) is 0 Å². The van der Waals surface area contributed by atoms with Gasteiger partial charge in [-0.15, -0.1) is 13.2 Å². The van der Waals surface area contributed by atoms with Crippen LogP contribution in [0.3, 0.4) is 0 Å². The van der Waals surface area contributed by atoms with Crippen LogP contribution in [0.1, 0.15) is 26.7 Å². The molecular weight excluding hydrogens is 336 g/mol. The predicted octanol–water partition coefficient (Wildman–Crippen LogP) is 5.10. The molecule has 0 aliphatic heterocycles. The lowest BCUT2D eigenvalue weighted by Gasteiger charge is -2.04. The van der Waals surface area contributed by atoms with E-state index in [4.69, 9.17) is 10.2 Å². The minimum atomic E-state index is -3.59. The van der Waals surface area contributed by atoms with Crippen molar-refractivity contribution in [3.05, 3.63) is 73.8 Å². The highest BCUT2D eigenvalue weighted by Gasteiger charge is 2.17. The molecule has 0 saturated carbocycles. The topological polar surface area (TPSA) is 74.6 Å². The highest BCUT2D eigenvalue weighted by atomic mass is 32.2. The van der Waals surface area contributed by atoms with Crippen molar-refractivity contribution in [2.24, 2.45) is 0 Å². The summed E-state index contributed by atoms with van der Waals surface area (Å²) in [5, 5.41) is 18.2. The van der Waals surface area contributed by atoms with Crippen molar-refractivity contribution < 1.29 is 18.6 Å². The molecule has 0 aromatic heterocycles. The van der Waals surface area contributed by atoms with Crippen LogP contribution >= 0.6 is 0 Å². The molecule has 0 aliphatic carbocycles. The molecule has 2 aromatic carbocycles. The molecule has 0 heterocycles. The summed E-state index contributed by atoms with van der Waals surface area (Å²) >= 11 is 0. The van der Waals surface area contributed by atoms with Gasteiger partial charge in [0.2, 0.25) is 9.84 Å². The molecule has 2 N–H and O–H groups in total. The van der Waals surface area contributed by atoms with Crippen LogP contribution in [0.5, 0.6) is 11.5 Å². The molecule has 0 amide bonds. The van der Waals surface area contributed by atoms with Gasteiger partial charge in [0.1, 0.15) is 11.5 Å². The van der Waals surface area contributed by atoms with Crippen molar-refractivity contribution in [1.29, 1.82) is 0 Å². The number of hydrogen-bond donors (Lipinski definition) is 2. The number of hydrogen-bond acceptors (Lipinski definition) is 4. The Morgan fingerprint density at radius 2 is 1.00 bits per heavy atom. The fraction of sp³-hybridized carbons (Fsp3) is 0.200. The number of phenols is 2. The smallest absolute Gasteiger partial charge is 0.206 e. The lowest BCUT2D eigenvalue weighted by molar-refractivity contribution is 0.474. The van der Waals surface area contributed by atoms with Gasteiger partial charge in [-0.25, -0.2) is 8.42 Å². The summed E-state index contributed by atoms with van der Waals surface area (Å²) in [6, 6.07) is 10.6. The first-order chi connectivity index (χ1) is 11.8. The molecule has 25 heavy (non-hydrogen) atoms. The number of phenolic OH excluding ortho intramolecular Hbond substituents is 2. The van der Waals surface area contributed by atoms with Crippen molar-refractivity contribution in [2.45, 2.75) is 36.5 Å². The van der Waals surface area contributed by atoms with Crippen molar-refractivity contribution in [3.63, 3.8) is 0 Å². The number of benzene rings is 2. The van der Waals surface area contributed by atoms with E-state index in [1.807, 2.05) is 12.2 Å². The second kappa shape index (κ2) is 11.9. The number of sulfone groups is 1. The maximum atomic E-state index is 12.1. The Morgan fingerprint density at radius 1 is 0.760 bits per heavy atom. The summed E-state index contributed by atoms with van der Waals surface area (Å²) in [5.41, 5.74) is 0. The van der Waals surface area contributed by atoms with Crippen LogP contribution < -0.4 is 0 Å². The lowest BCUT2D eigenvalue weighted by atomic mass is 10.3. The second-order valence-corrected chi connectivity index (χ2v) is 6.83. The van der Waals surface area contributed by atoms with Crippen molar-refractivity contribution in [1.82, 2.24) is 0 Å². The highest BCUT2D eigenvalue weighted by Crippen LogP contribution is 2.23. The Bertz CT molecular complexity index is 671. The third kappa shape index (κ3) is 8.22. The fourth-order valence-electron chi connectivity index (χ4n) is 1.39. The van der Waals surface area contributed by atoms with E-state index in [1.165, 1.54) is 48.5 Å². The molecule has 2 aromatic rings. The van der Waals surface area contributed by atoms with Gasteiger partial charge in [0.25, 0.3) is 0 Å². The fourth-order valence-corrected chi connectivity index (χ4v) is 2.65. The molecule has 0 aliphatic rings. The van der Waals surface area contributed by atoms with Crippen LogP contribution in [0, 0.1) is 0 Å². The summed E-state index contributed by atoms with van der Waals surface area (Å²) < 4.78 is 24.2. The number of aromatic hydroxyl groups is 2. The van der Waals surface area contributed by atoms with Gasteiger partial charge in [-0.1, -0.05) is 26.0 Å². The van der Waals surface area contributed by atoms with Crippen LogP contribution in [0.4, 0.5) is 0 Å². The molecule has 2 rings (SSSR count). The second-order valence-electron chi connectivity index (χ2n) is 4.89. The zero-order valence-corrected chi connectivity index (χ0v) is 15.5. The van der Waals surface area contributed by atoms with Gasteiger partial charge in [-0.2, -0.15) is 0 Å². The van der Waals surface area contributed by atoms with Gasteiger partial charge in [0.15, 0.2) is 0 Å². The minimum absolute atomic E-state index is 0.00894. The van der Waals surface area contributed by atoms with Gasteiger partial charge in [-0.05, 0) is 61.4 Å². The molecule has 0 bridgehead atoms. The first kappa shape index (κ1) is 22.5. The molecule has 0 radical (unpaired) electrons. The largest absolute Gasteiger partial charge is 0.508 e. The molecule has 5 heteroatoms. The lowest BCUT2D eigenvalue weighted by Crippen LogP contribution is -2.01. The van der Waals surface area contributed by atoms with Crippen LogP contribution in [0.15, 0.2) is 83.6 Å². The Labute approximate surface area is 150 Å². The number of rotatable bonds is 4. The quantitative estimate of drug-likeness (QED) is 0.742. The standard InChI is InChI=1S/C12H10O4S.2C4H8/c13-9-1-5-11(6-2-9)17(15,16)12-7-3-10(14)4-8-12;2*1-3-4-2/h1-8,13-14H;2*3H,1,4H2,2H3. The molecule has 0 spiro atoms. The molecule has 4 nitrogen and oxygen atoms in total.